The van der Waals surface area contributed by atoms with Crippen LogP contribution in [0.2, 0.25) is 0 Å². The fourth-order valence-corrected chi connectivity index (χ4v) is 1.68. The Bertz CT molecular complexity index is 622. The largest absolute Gasteiger partial charge is 0.496 e. The van der Waals surface area contributed by atoms with Crippen molar-refractivity contribution in [2.75, 3.05) is 12.5 Å². The van der Waals surface area contributed by atoms with Gasteiger partial charge in [-0.1, -0.05) is 12.1 Å². The van der Waals surface area contributed by atoms with Crippen molar-refractivity contribution in [3.05, 3.63) is 59.7 Å². The van der Waals surface area contributed by atoms with E-state index in [1.165, 1.54) is 18.3 Å². The molecule has 0 aromatic heterocycles. The number of para-hydroxylation sites is 1. The van der Waals surface area contributed by atoms with Gasteiger partial charge in [-0.3, -0.25) is 5.43 Å². The Morgan fingerprint density at radius 3 is 2.33 bits per heavy atom. The molecule has 6 heteroatoms. The maximum Gasteiger partial charge on any atom is 0.416 e. The average molecular weight is 294 g/mol. The van der Waals surface area contributed by atoms with E-state index >= 15 is 0 Å². The predicted octanol–water partition coefficient (Wildman–Crippen LogP) is 4.16. The molecule has 0 saturated carbocycles. The van der Waals surface area contributed by atoms with Crippen molar-refractivity contribution in [3.8, 4) is 5.75 Å². The topological polar surface area (TPSA) is 33.6 Å². The van der Waals surface area contributed by atoms with Gasteiger partial charge in [0.25, 0.3) is 0 Å². The summed E-state index contributed by atoms with van der Waals surface area (Å²) < 4.78 is 42.4. The van der Waals surface area contributed by atoms with Crippen LogP contribution in [0.4, 0.5) is 18.9 Å². The van der Waals surface area contributed by atoms with Crippen LogP contribution in [0.3, 0.4) is 0 Å². The zero-order valence-electron chi connectivity index (χ0n) is 11.2. The third kappa shape index (κ3) is 3.98. The minimum Gasteiger partial charge on any atom is -0.496 e. The van der Waals surface area contributed by atoms with Gasteiger partial charge in [0.05, 0.1) is 24.6 Å². The van der Waals surface area contributed by atoms with Crippen molar-refractivity contribution in [2.45, 2.75) is 6.18 Å². The van der Waals surface area contributed by atoms with Gasteiger partial charge >= 0.3 is 6.18 Å². The van der Waals surface area contributed by atoms with Gasteiger partial charge in [-0.25, -0.2) is 0 Å². The Morgan fingerprint density at radius 1 is 1.05 bits per heavy atom. The summed E-state index contributed by atoms with van der Waals surface area (Å²) in [4.78, 5) is 0. The summed E-state index contributed by atoms with van der Waals surface area (Å²) in [5.74, 6) is 0.662. The van der Waals surface area contributed by atoms with Crippen molar-refractivity contribution in [3.63, 3.8) is 0 Å². The van der Waals surface area contributed by atoms with Crippen LogP contribution in [-0.2, 0) is 6.18 Å². The number of anilines is 1. The molecule has 0 atom stereocenters. The molecule has 0 heterocycles. The summed E-state index contributed by atoms with van der Waals surface area (Å²) in [6.07, 6.45) is -2.80. The third-order valence-electron chi connectivity index (χ3n) is 2.75. The molecule has 0 bridgehead atoms. The Morgan fingerprint density at radius 2 is 1.71 bits per heavy atom. The van der Waals surface area contributed by atoms with E-state index in [9.17, 15) is 13.2 Å². The van der Waals surface area contributed by atoms with Crippen LogP contribution in [0, 0.1) is 0 Å². The molecule has 110 valence electrons. The van der Waals surface area contributed by atoms with E-state index in [0.29, 0.717) is 11.4 Å². The van der Waals surface area contributed by atoms with Gasteiger partial charge in [0.2, 0.25) is 0 Å². The summed E-state index contributed by atoms with van der Waals surface area (Å²) in [5, 5.41) is 3.98. The molecule has 2 aromatic carbocycles. The lowest BCUT2D eigenvalue weighted by Gasteiger charge is -2.07. The number of rotatable bonds is 4. The average Bonchev–Trinajstić information content (AvgIpc) is 2.47. The first-order chi connectivity index (χ1) is 10.0. The Hall–Kier alpha value is -2.50. The van der Waals surface area contributed by atoms with Crippen LogP contribution < -0.4 is 10.2 Å². The number of halogens is 3. The van der Waals surface area contributed by atoms with Crippen molar-refractivity contribution >= 4 is 11.9 Å². The monoisotopic (exact) mass is 294 g/mol. The molecule has 0 aliphatic heterocycles. The molecule has 2 rings (SSSR count). The number of alkyl halides is 3. The summed E-state index contributed by atoms with van der Waals surface area (Å²) in [6.45, 7) is 0. The Labute approximate surface area is 120 Å². The van der Waals surface area contributed by atoms with Crippen molar-refractivity contribution < 1.29 is 17.9 Å². The highest BCUT2D eigenvalue weighted by atomic mass is 19.4. The van der Waals surface area contributed by atoms with E-state index in [-0.39, 0.29) is 0 Å². The standard InChI is InChI=1S/C15H13F3N2O/c1-21-14-5-3-2-4-11(14)10-19-20-13-8-6-12(7-9-13)15(16,17)18/h2-10,20H,1H3. The van der Waals surface area contributed by atoms with E-state index < -0.39 is 11.7 Å². The number of benzene rings is 2. The van der Waals surface area contributed by atoms with Crippen LogP contribution >= 0.6 is 0 Å². The fraction of sp³-hybridized carbons (Fsp3) is 0.133. The van der Waals surface area contributed by atoms with Crippen molar-refractivity contribution in [1.29, 1.82) is 0 Å². The number of nitrogens with one attached hydrogen (secondary N) is 1. The molecular weight excluding hydrogens is 281 g/mol. The Balaban J connectivity index is 2.04. The van der Waals surface area contributed by atoms with Crippen LogP contribution in [0.25, 0.3) is 0 Å². The summed E-state index contributed by atoms with van der Waals surface area (Å²) in [6, 6.07) is 11.9. The predicted molar refractivity (Wildman–Crippen MR) is 75.7 cm³/mol. The lowest BCUT2D eigenvalue weighted by molar-refractivity contribution is -0.137. The molecular formula is C15H13F3N2O. The molecule has 0 spiro atoms. The second-order valence-electron chi connectivity index (χ2n) is 4.19. The Kier molecular flexibility index (Phi) is 4.47. The molecule has 0 saturated heterocycles. The van der Waals surface area contributed by atoms with Crippen molar-refractivity contribution in [1.82, 2.24) is 0 Å². The third-order valence-corrected chi connectivity index (χ3v) is 2.75. The second kappa shape index (κ2) is 6.30. The molecule has 1 N–H and O–H groups in total. The van der Waals surface area contributed by atoms with E-state index in [4.69, 9.17) is 4.74 Å². The minimum atomic E-state index is -4.33. The molecule has 0 fully saturated rings. The summed E-state index contributed by atoms with van der Waals surface area (Å²) in [7, 11) is 1.55. The molecule has 2 aromatic rings. The highest BCUT2D eigenvalue weighted by molar-refractivity contribution is 5.83. The van der Waals surface area contributed by atoms with E-state index in [2.05, 4.69) is 10.5 Å². The highest BCUT2D eigenvalue weighted by Gasteiger charge is 2.29. The van der Waals surface area contributed by atoms with Gasteiger partial charge in [0.15, 0.2) is 0 Å². The fourth-order valence-electron chi connectivity index (χ4n) is 1.68. The number of methoxy groups -OCH3 is 1. The first-order valence-corrected chi connectivity index (χ1v) is 6.10. The summed E-state index contributed by atoms with van der Waals surface area (Å²) >= 11 is 0. The van der Waals surface area contributed by atoms with Gasteiger partial charge in [0, 0.05) is 5.56 Å². The highest BCUT2D eigenvalue weighted by Crippen LogP contribution is 2.29. The van der Waals surface area contributed by atoms with E-state index in [1.807, 2.05) is 18.2 Å². The maximum absolute atomic E-state index is 12.4. The molecule has 3 nitrogen and oxygen atoms in total. The molecule has 21 heavy (non-hydrogen) atoms. The first-order valence-electron chi connectivity index (χ1n) is 6.10. The first kappa shape index (κ1) is 14.9. The summed E-state index contributed by atoms with van der Waals surface area (Å²) in [5.41, 5.74) is 3.21. The van der Waals surface area contributed by atoms with Gasteiger partial charge < -0.3 is 4.74 Å². The zero-order chi connectivity index (χ0) is 15.3. The number of hydrazone groups is 1. The number of hydrogen-bond acceptors (Lipinski definition) is 3. The number of hydrogen-bond donors (Lipinski definition) is 1. The van der Waals surface area contributed by atoms with E-state index in [0.717, 1.165) is 17.7 Å². The van der Waals surface area contributed by atoms with Gasteiger partial charge in [0.1, 0.15) is 5.75 Å². The van der Waals surface area contributed by atoms with Crippen LogP contribution in [0.5, 0.6) is 5.75 Å². The SMILES string of the molecule is COc1ccccc1C=NNc1ccc(C(F)(F)F)cc1. The van der Waals surface area contributed by atoms with Gasteiger partial charge in [-0.2, -0.15) is 18.3 Å². The number of ether oxygens (including phenoxy) is 1. The van der Waals surface area contributed by atoms with Crippen LogP contribution in [0.15, 0.2) is 53.6 Å². The van der Waals surface area contributed by atoms with E-state index in [1.54, 1.807) is 13.2 Å². The lowest BCUT2D eigenvalue weighted by Crippen LogP contribution is -2.04. The zero-order valence-corrected chi connectivity index (χ0v) is 11.2. The molecule has 0 unspecified atom stereocenters. The molecule has 0 aliphatic rings. The second-order valence-corrected chi connectivity index (χ2v) is 4.19. The smallest absolute Gasteiger partial charge is 0.416 e. The number of nitrogens with zero attached hydrogens (tertiary/aromatic N) is 1. The minimum absolute atomic E-state index is 0.467. The lowest BCUT2D eigenvalue weighted by atomic mass is 10.2. The van der Waals surface area contributed by atoms with Gasteiger partial charge in [-0.05, 0) is 36.4 Å². The molecule has 0 radical (unpaired) electrons. The van der Waals surface area contributed by atoms with Crippen molar-refractivity contribution in [2.24, 2.45) is 5.10 Å². The normalized spacial score (nSPS) is 11.6. The maximum atomic E-state index is 12.4. The quantitative estimate of drug-likeness (QED) is 0.678. The van der Waals surface area contributed by atoms with Gasteiger partial charge in [-0.15, -0.1) is 0 Å². The molecule has 0 amide bonds. The molecule has 0 aliphatic carbocycles. The van der Waals surface area contributed by atoms with Crippen LogP contribution in [-0.4, -0.2) is 13.3 Å². The van der Waals surface area contributed by atoms with Crippen LogP contribution in [0.1, 0.15) is 11.1 Å².